The van der Waals surface area contributed by atoms with Crippen molar-refractivity contribution >= 4 is 28.9 Å². The van der Waals surface area contributed by atoms with Gasteiger partial charge in [-0.15, -0.1) is 0 Å². The number of rotatable bonds is 2. The van der Waals surface area contributed by atoms with Crippen LogP contribution in [0.1, 0.15) is 12.8 Å². The molecule has 2 heterocycles. The van der Waals surface area contributed by atoms with Crippen molar-refractivity contribution < 1.29 is 5.11 Å². The number of hydrogen-bond acceptors (Lipinski definition) is 4. The molecule has 0 spiro atoms. The average molecular weight is 340 g/mol. The zero-order chi connectivity index (χ0) is 15.7. The molecule has 0 aliphatic carbocycles. The van der Waals surface area contributed by atoms with Crippen LogP contribution in [0.5, 0.6) is 0 Å². The maximum absolute atomic E-state index is 12.4. The van der Waals surface area contributed by atoms with E-state index in [2.05, 4.69) is 5.10 Å². The van der Waals surface area contributed by atoms with E-state index in [0.717, 1.165) is 19.4 Å². The minimum atomic E-state index is -0.400. The highest BCUT2D eigenvalue weighted by Crippen LogP contribution is 2.25. The summed E-state index contributed by atoms with van der Waals surface area (Å²) in [6.45, 7) is 1.22. The number of nitrogens with zero attached hydrogens (tertiary/aromatic N) is 3. The van der Waals surface area contributed by atoms with Crippen LogP contribution in [0, 0.1) is 0 Å². The van der Waals surface area contributed by atoms with Crippen LogP contribution in [-0.4, -0.2) is 34.1 Å². The van der Waals surface area contributed by atoms with Crippen molar-refractivity contribution in [2.45, 2.75) is 18.9 Å². The van der Waals surface area contributed by atoms with E-state index >= 15 is 0 Å². The summed E-state index contributed by atoms with van der Waals surface area (Å²) >= 11 is 12.1. The summed E-state index contributed by atoms with van der Waals surface area (Å²) in [7, 11) is 0. The Bertz CT molecular complexity index is 731. The minimum Gasteiger partial charge on any atom is -0.391 e. The molecule has 1 saturated heterocycles. The summed E-state index contributed by atoms with van der Waals surface area (Å²) < 4.78 is 1.24. The van der Waals surface area contributed by atoms with E-state index in [0.29, 0.717) is 22.9 Å². The number of aliphatic hydroxyl groups is 1. The molecule has 1 aliphatic rings. The number of β-amino-alcohol motifs (C(OH)–C–C–N with tert-alkyl or cyclic N) is 1. The van der Waals surface area contributed by atoms with E-state index in [-0.39, 0.29) is 10.6 Å². The Balaban J connectivity index is 1.98. The zero-order valence-corrected chi connectivity index (χ0v) is 13.3. The van der Waals surface area contributed by atoms with Crippen molar-refractivity contribution in [3.05, 3.63) is 50.9 Å². The van der Waals surface area contributed by atoms with Crippen LogP contribution >= 0.6 is 23.2 Å². The lowest BCUT2D eigenvalue weighted by Gasteiger charge is -2.32. The monoisotopic (exact) mass is 339 g/mol. The van der Waals surface area contributed by atoms with Gasteiger partial charge < -0.3 is 10.0 Å². The highest BCUT2D eigenvalue weighted by Gasteiger charge is 2.22. The fourth-order valence-corrected chi connectivity index (χ4v) is 2.96. The summed E-state index contributed by atoms with van der Waals surface area (Å²) in [4.78, 5) is 14.3. The van der Waals surface area contributed by atoms with Gasteiger partial charge in [-0.2, -0.15) is 9.78 Å². The molecule has 1 fully saturated rings. The molecule has 22 heavy (non-hydrogen) atoms. The quantitative estimate of drug-likeness (QED) is 0.913. The smallest absolute Gasteiger partial charge is 0.292 e. The number of aromatic nitrogens is 2. The first kappa shape index (κ1) is 15.3. The number of piperidine rings is 1. The van der Waals surface area contributed by atoms with Crippen LogP contribution in [0.25, 0.3) is 5.69 Å². The van der Waals surface area contributed by atoms with E-state index in [1.54, 1.807) is 30.5 Å². The van der Waals surface area contributed by atoms with Crippen molar-refractivity contribution in [3.63, 3.8) is 0 Å². The molecule has 1 unspecified atom stereocenters. The molecule has 1 aromatic carbocycles. The predicted octanol–water partition coefficient (Wildman–Crippen LogP) is 2.50. The second kappa shape index (κ2) is 6.28. The molecule has 1 atom stereocenters. The third-order valence-electron chi connectivity index (χ3n) is 3.71. The Kier molecular flexibility index (Phi) is 4.38. The highest BCUT2D eigenvalue weighted by molar-refractivity contribution is 6.33. The molecule has 1 aromatic heterocycles. The summed E-state index contributed by atoms with van der Waals surface area (Å²) in [6, 6.07) is 6.79. The standard InChI is InChI=1S/C15H15Cl2N3O2/c16-10-3-5-11(6-4-10)20-15(22)14(17)13(8-18-20)19-7-1-2-12(21)9-19/h3-6,8,12,21H,1-2,7,9H2. The van der Waals surface area contributed by atoms with Gasteiger partial charge in [0.1, 0.15) is 5.02 Å². The normalized spacial score (nSPS) is 18.5. The van der Waals surface area contributed by atoms with Crippen molar-refractivity contribution in [2.24, 2.45) is 0 Å². The lowest BCUT2D eigenvalue weighted by molar-refractivity contribution is 0.154. The Morgan fingerprint density at radius 2 is 1.95 bits per heavy atom. The Morgan fingerprint density at radius 3 is 2.64 bits per heavy atom. The molecule has 7 heteroatoms. The predicted molar refractivity (Wildman–Crippen MR) is 87.3 cm³/mol. The number of benzene rings is 1. The van der Waals surface area contributed by atoms with Crippen molar-refractivity contribution in [1.29, 1.82) is 0 Å². The SMILES string of the molecule is O=c1c(Cl)c(N2CCCC(O)C2)cnn1-c1ccc(Cl)cc1. The molecule has 0 radical (unpaired) electrons. The Hall–Kier alpha value is -1.56. The first-order valence-corrected chi connectivity index (χ1v) is 7.78. The van der Waals surface area contributed by atoms with Gasteiger partial charge in [0.15, 0.2) is 0 Å². The van der Waals surface area contributed by atoms with Crippen molar-refractivity contribution in [3.8, 4) is 5.69 Å². The van der Waals surface area contributed by atoms with Crippen molar-refractivity contribution in [2.75, 3.05) is 18.0 Å². The minimum absolute atomic E-state index is 0.110. The molecule has 1 aliphatic heterocycles. The van der Waals surface area contributed by atoms with E-state index in [1.165, 1.54) is 4.68 Å². The largest absolute Gasteiger partial charge is 0.391 e. The van der Waals surface area contributed by atoms with Gasteiger partial charge in [0, 0.05) is 18.1 Å². The molecule has 116 valence electrons. The summed E-state index contributed by atoms with van der Waals surface area (Å²) in [5, 5.41) is 14.6. The number of aliphatic hydroxyl groups excluding tert-OH is 1. The van der Waals surface area contributed by atoms with E-state index < -0.39 is 6.10 Å². The lowest BCUT2D eigenvalue weighted by atomic mass is 10.1. The number of anilines is 1. The topological polar surface area (TPSA) is 58.4 Å². The lowest BCUT2D eigenvalue weighted by Crippen LogP contribution is -2.39. The van der Waals surface area contributed by atoms with Crippen LogP contribution < -0.4 is 10.5 Å². The molecule has 1 N–H and O–H groups in total. The van der Waals surface area contributed by atoms with Gasteiger partial charge in [-0.1, -0.05) is 23.2 Å². The maximum atomic E-state index is 12.4. The molecule has 2 aromatic rings. The van der Waals surface area contributed by atoms with Crippen LogP contribution in [0.4, 0.5) is 5.69 Å². The third kappa shape index (κ3) is 2.97. The third-order valence-corrected chi connectivity index (χ3v) is 4.32. The summed E-state index contributed by atoms with van der Waals surface area (Å²) in [5.74, 6) is 0. The Labute approximate surface area is 137 Å². The van der Waals surface area contributed by atoms with Gasteiger partial charge in [-0.3, -0.25) is 4.79 Å². The van der Waals surface area contributed by atoms with E-state index in [9.17, 15) is 9.90 Å². The van der Waals surface area contributed by atoms with Gasteiger partial charge >= 0.3 is 0 Å². The molecule has 0 amide bonds. The van der Waals surface area contributed by atoms with Gasteiger partial charge in [0.2, 0.25) is 0 Å². The number of halogens is 2. The fraction of sp³-hybridized carbons (Fsp3) is 0.333. The molecule has 0 saturated carbocycles. The second-order valence-corrected chi connectivity index (χ2v) is 6.09. The van der Waals surface area contributed by atoms with Crippen LogP contribution in [0.3, 0.4) is 0 Å². The maximum Gasteiger partial charge on any atom is 0.292 e. The van der Waals surface area contributed by atoms with Gasteiger partial charge in [0.05, 0.1) is 23.7 Å². The average Bonchev–Trinajstić information content (AvgIpc) is 2.51. The fourth-order valence-electron chi connectivity index (χ4n) is 2.58. The van der Waals surface area contributed by atoms with Crippen LogP contribution in [-0.2, 0) is 0 Å². The highest BCUT2D eigenvalue weighted by atomic mass is 35.5. The van der Waals surface area contributed by atoms with Gasteiger partial charge in [-0.25, -0.2) is 0 Å². The molecular formula is C15H15Cl2N3O2. The Morgan fingerprint density at radius 1 is 1.23 bits per heavy atom. The molecule has 5 nitrogen and oxygen atoms in total. The molecule has 3 rings (SSSR count). The van der Waals surface area contributed by atoms with Gasteiger partial charge in [0.25, 0.3) is 5.56 Å². The first-order chi connectivity index (χ1) is 10.6. The summed E-state index contributed by atoms with van der Waals surface area (Å²) in [6.07, 6.45) is 2.79. The molecular weight excluding hydrogens is 325 g/mol. The van der Waals surface area contributed by atoms with E-state index in [1.807, 2.05) is 4.90 Å². The van der Waals surface area contributed by atoms with Crippen molar-refractivity contribution in [1.82, 2.24) is 9.78 Å². The van der Waals surface area contributed by atoms with Gasteiger partial charge in [-0.05, 0) is 37.1 Å². The molecule has 0 bridgehead atoms. The second-order valence-electron chi connectivity index (χ2n) is 5.28. The van der Waals surface area contributed by atoms with Crippen LogP contribution in [0.2, 0.25) is 10.0 Å². The zero-order valence-electron chi connectivity index (χ0n) is 11.7. The summed E-state index contributed by atoms with van der Waals surface area (Å²) in [5.41, 5.74) is 0.777. The first-order valence-electron chi connectivity index (χ1n) is 7.03. The van der Waals surface area contributed by atoms with E-state index in [4.69, 9.17) is 23.2 Å². The number of hydrogen-bond donors (Lipinski definition) is 1. The van der Waals surface area contributed by atoms with Crippen LogP contribution in [0.15, 0.2) is 35.3 Å².